The highest BCUT2D eigenvalue weighted by Gasteiger charge is 2.39. The fourth-order valence-electron chi connectivity index (χ4n) is 5.76. The lowest BCUT2D eigenvalue weighted by molar-refractivity contribution is 0.0587. The van der Waals surface area contributed by atoms with E-state index >= 15 is 0 Å². The van der Waals surface area contributed by atoms with Gasteiger partial charge < -0.3 is 10.6 Å². The van der Waals surface area contributed by atoms with Crippen LogP contribution >= 0.6 is 0 Å². The molecular formula is C34H32N4O4. The number of carbonyl (C=O) groups excluding carboxylic acids is 4. The van der Waals surface area contributed by atoms with Gasteiger partial charge in [-0.1, -0.05) is 60.7 Å². The maximum absolute atomic E-state index is 13.5. The van der Waals surface area contributed by atoms with Crippen LogP contribution in [-0.4, -0.2) is 59.6 Å². The molecule has 0 aliphatic carbocycles. The van der Waals surface area contributed by atoms with Gasteiger partial charge in [0.05, 0.1) is 0 Å². The zero-order valence-corrected chi connectivity index (χ0v) is 23.3. The predicted molar refractivity (Wildman–Crippen MR) is 160 cm³/mol. The van der Waals surface area contributed by atoms with E-state index in [0.29, 0.717) is 72.0 Å². The molecule has 212 valence electrons. The molecule has 0 bridgehead atoms. The second kappa shape index (κ2) is 12.1. The van der Waals surface area contributed by atoms with E-state index in [1.54, 1.807) is 24.3 Å². The normalized spacial score (nSPS) is 14.3. The van der Waals surface area contributed by atoms with Gasteiger partial charge in [0.1, 0.15) is 0 Å². The highest BCUT2D eigenvalue weighted by atomic mass is 16.2. The number of benzene rings is 4. The molecule has 0 unspecified atom stereocenters. The first-order chi connectivity index (χ1) is 20.5. The molecule has 2 N–H and O–H groups in total. The maximum Gasteiger partial charge on any atom is 0.261 e. The predicted octanol–water partition coefficient (Wildman–Crippen LogP) is 4.39. The molecule has 4 aromatic rings. The Labute approximate surface area is 244 Å². The van der Waals surface area contributed by atoms with Gasteiger partial charge in [-0.3, -0.25) is 29.0 Å². The molecular weight excluding hydrogens is 528 g/mol. The number of amides is 4. The lowest BCUT2D eigenvalue weighted by atomic mass is 9.86. The lowest BCUT2D eigenvalue weighted by Crippen LogP contribution is -2.44. The lowest BCUT2D eigenvalue weighted by Gasteiger charge is -2.32. The number of hydrogen-bond donors (Lipinski definition) is 2. The summed E-state index contributed by atoms with van der Waals surface area (Å²) < 4.78 is 0. The summed E-state index contributed by atoms with van der Waals surface area (Å²) in [6, 6.07) is 26.5. The Balaban J connectivity index is 1.13. The molecule has 0 aromatic heterocycles. The van der Waals surface area contributed by atoms with Crippen molar-refractivity contribution in [1.29, 1.82) is 0 Å². The minimum Gasteiger partial charge on any atom is -0.313 e. The third kappa shape index (κ3) is 5.22. The summed E-state index contributed by atoms with van der Waals surface area (Å²) in [6.45, 7) is 3.25. The number of imide groups is 2. The van der Waals surface area contributed by atoms with Gasteiger partial charge in [0.25, 0.3) is 23.6 Å². The summed E-state index contributed by atoms with van der Waals surface area (Å²) in [6.07, 6.45) is 1.20. The third-order valence-electron chi connectivity index (χ3n) is 7.88. The molecule has 2 aliphatic heterocycles. The number of carbonyl (C=O) groups is 4. The maximum atomic E-state index is 13.5. The molecule has 0 saturated heterocycles. The quantitative estimate of drug-likeness (QED) is 0.197. The molecule has 2 heterocycles. The summed E-state index contributed by atoms with van der Waals surface area (Å²) in [5.41, 5.74) is 3.73. The molecule has 2 aliphatic rings. The molecule has 0 atom stereocenters. The standard InChI is InChI=1S/C34H32N4O4/c39-31-25-13-15-27-30-28(34(42)38(33(27)41)20-8-18-36-22-24-11-5-2-6-12-24)16-14-26(29(25)30)32(40)37(31)19-7-17-35-21-23-9-3-1-4-10-23/h1-6,9-16,35-36H,7-8,17-22H2. The van der Waals surface area contributed by atoms with Crippen LogP contribution in [0.2, 0.25) is 0 Å². The van der Waals surface area contributed by atoms with Crippen LogP contribution < -0.4 is 10.6 Å². The number of nitrogens with one attached hydrogen (secondary N) is 2. The van der Waals surface area contributed by atoms with Crippen molar-refractivity contribution in [1.82, 2.24) is 20.4 Å². The summed E-state index contributed by atoms with van der Waals surface area (Å²) in [7, 11) is 0. The van der Waals surface area contributed by atoms with Gasteiger partial charge >= 0.3 is 0 Å². The summed E-state index contributed by atoms with van der Waals surface area (Å²) in [5.74, 6) is -1.59. The Morgan fingerprint density at radius 3 is 1.12 bits per heavy atom. The van der Waals surface area contributed by atoms with Crippen molar-refractivity contribution in [3.63, 3.8) is 0 Å². The van der Waals surface area contributed by atoms with Gasteiger partial charge in [0.15, 0.2) is 0 Å². The van der Waals surface area contributed by atoms with E-state index in [4.69, 9.17) is 0 Å². The van der Waals surface area contributed by atoms with Crippen LogP contribution in [-0.2, 0) is 13.1 Å². The van der Waals surface area contributed by atoms with E-state index in [9.17, 15) is 19.2 Å². The molecule has 4 amide bonds. The highest BCUT2D eigenvalue weighted by molar-refractivity contribution is 6.33. The molecule has 4 aromatic carbocycles. The topological polar surface area (TPSA) is 98.8 Å². The van der Waals surface area contributed by atoms with E-state index in [2.05, 4.69) is 10.6 Å². The molecule has 8 heteroatoms. The average molecular weight is 561 g/mol. The number of hydrogen-bond acceptors (Lipinski definition) is 6. The first-order valence-corrected chi connectivity index (χ1v) is 14.4. The van der Waals surface area contributed by atoms with E-state index < -0.39 is 23.6 Å². The summed E-state index contributed by atoms with van der Waals surface area (Å²) in [5, 5.41) is 7.51. The van der Waals surface area contributed by atoms with Crippen molar-refractivity contribution in [2.24, 2.45) is 0 Å². The van der Waals surface area contributed by atoms with Crippen LogP contribution in [0.3, 0.4) is 0 Å². The van der Waals surface area contributed by atoms with Crippen molar-refractivity contribution in [2.45, 2.75) is 25.9 Å². The fourth-order valence-corrected chi connectivity index (χ4v) is 5.76. The Bertz CT molecular complexity index is 1480. The van der Waals surface area contributed by atoms with E-state index in [1.807, 2.05) is 60.7 Å². The smallest absolute Gasteiger partial charge is 0.261 e. The molecule has 6 rings (SSSR count). The zero-order chi connectivity index (χ0) is 29.1. The van der Waals surface area contributed by atoms with Gasteiger partial charge in [-0.15, -0.1) is 0 Å². The van der Waals surface area contributed by atoms with Gasteiger partial charge in [-0.05, 0) is 61.3 Å². The van der Waals surface area contributed by atoms with Crippen molar-refractivity contribution < 1.29 is 19.2 Å². The van der Waals surface area contributed by atoms with Gasteiger partial charge in [0, 0.05) is 59.2 Å². The molecule has 0 saturated carbocycles. The third-order valence-corrected chi connectivity index (χ3v) is 7.88. The van der Waals surface area contributed by atoms with E-state index in [0.717, 1.165) is 0 Å². The van der Waals surface area contributed by atoms with E-state index in [-0.39, 0.29) is 13.1 Å². The van der Waals surface area contributed by atoms with Crippen LogP contribution in [0.25, 0.3) is 10.8 Å². The highest BCUT2D eigenvalue weighted by Crippen LogP contribution is 2.37. The van der Waals surface area contributed by atoms with Crippen LogP contribution in [0.1, 0.15) is 65.4 Å². The Morgan fingerprint density at radius 2 is 0.786 bits per heavy atom. The minimum atomic E-state index is -0.397. The first kappa shape index (κ1) is 27.5. The van der Waals surface area contributed by atoms with Crippen molar-refractivity contribution in [3.8, 4) is 0 Å². The second-order valence-electron chi connectivity index (χ2n) is 10.6. The molecule has 42 heavy (non-hydrogen) atoms. The van der Waals surface area contributed by atoms with Gasteiger partial charge in [-0.2, -0.15) is 0 Å². The van der Waals surface area contributed by atoms with Crippen molar-refractivity contribution in [3.05, 3.63) is 118 Å². The summed E-state index contributed by atoms with van der Waals surface area (Å²) >= 11 is 0. The number of nitrogens with zero attached hydrogens (tertiary/aromatic N) is 2. The first-order valence-electron chi connectivity index (χ1n) is 14.4. The van der Waals surface area contributed by atoms with Crippen LogP contribution in [0.5, 0.6) is 0 Å². The Morgan fingerprint density at radius 1 is 0.452 bits per heavy atom. The van der Waals surface area contributed by atoms with Crippen molar-refractivity contribution in [2.75, 3.05) is 26.2 Å². The largest absolute Gasteiger partial charge is 0.313 e. The van der Waals surface area contributed by atoms with E-state index in [1.165, 1.54) is 20.9 Å². The molecule has 0 spiro atoms. The van der Waals surface area contributed by atoms with Gasteiger partial charge in [0.2, 0.25) is 0 Å². The Hall–Kier alpha value is -4.66. The Kier molecular flexibility index (Phi) is 7.90. The second-order valence-corrected chi connectivity index (χ2v) is 10.6. The van der Waals surface area contributed by atoms with Gasteiger partial charge in [-0.25, -0.2) is 0 Å². The minimum absolute atomic E-state index is 0.272. The zero-order valence-electron chi connectivity index (χ0n) is 23.3. The molecule has 8 nitrogen and oxygen atoms in total. The fraction of sp³-hybridized carbons (Fsp3) is 0.235. The monoisotopic (exact) mass is 560 g/mol. The van der Waals surface area contributed by atoms with Crippen molar-refractivity contribution >= 4 is 34.4 Å². The van der Waals surface area contributed by atoms with Crippen LogP contribution in [0.15, 0.2) is 84.9 Å². The van der Waals surface area contributed by atoms with Crippen LogP contribution in [0, 0.1) is 0 Å². The average Bonchev–Trinajstić information content (AvgIpc) is 3.02. The molecule has 0 fully saturated rings. The summed E-state index contributed by atoms with van der Waals surface area (Å²) in [4.78, 5) is 56.4. The molecule has 0 radical (unpaired) electrons. The van der Waals surface area contributed by atoms with Crippen LogP contribution in [0.4, 0.5) is 0 Å². The SMILES string of the molecule is O=C1c2ccc3c4c(ccc(c24)C(=O)N1CCCNCc1ccccc1)C(=O)N(CCCNCc1ccccc1)C3=O. The number of rotatable bonds is 12.